The fourth-order valence-electron chi connectivity index (χ4n) is 3.35. The summed E-state index contributed by atoms with van der Waals surface area (Å²) < 4.78 is 5.21. The summed E-state index contributed by atoms with van der Waals surface area (Å²) in [6.07, 6.45) is 3.07. The van der Waals surface area contributed by atoms with E-state index in [9.17, 15) is 4.79 Å². The zero-order chi connectivity index (χ0) is 19.8. The van der Waals surface area contributed by atoms with Gasteiger partial charge < -0.3 is 15.0 Å². The summed E-state index contributed by atoms with van der Waals surface area (Å²) in [4.78, 5) is 18.2. The normalized spacial score (nSPS) is 15.4. The Labute approximate surface area is 172 Å². The van der Waals surface area contributed by atoms with E-state index < -0.39 is 0 Å². The van der Waals surface area contributed by atoms with Gasteiger partial charge in [-0.05, 0) is 48.6 Å². The van der Waals surface area contributed by atoms with Gasteiger partial charge in [-0.1, -0.05) is 18.2 Å². The number of amides is 1. The van der Waals surface area contributed by atoms with Crippen LogP contribution in [-0.4, -0.2) is 68.3 Å². The van der Waals surface area contributed by atoms with Crippen LogP contribution in [0.1, 0.15) is 5.56 Å². The van der Waals surface area contributed by atoms with Gasteiger partial charge in [0.1, 0.15) is 5.75 Å². The number of hydrogen-bond acceptors (Lipinski definition) is 5. The van der Waals surface area contributed by atoms with Crippen molar-refractivity contribution in [2.45, 2.75) is 11.3 Å². The molecule has 2 aromatic carbocycles. The van der Waals surface area contributed by atoms with Crippen molar-refractivity contribution in [3.63, 3.8) is 0 Å². The summed E-state index contributed by atoms with van der Waals surface area (Å²) in [5.74, 6) is 0.959. The van der Waals surface area contributed by atoms with Gasteiger partial charge in [0.15, 0.2) is 0 Å². The Bertz CT molecular complexity index is 759. The highest BCUT2D eigenvalue weighted by atomic mass is 32.2. The van der Waals surface area contributed by atoms with Crippen molar-refractivity contribution in [2.24, 2.45) is 0 Å². The molecule has 1 aliphatic heterocycles. The Kier molecular flexibility index (Phi) is 7.77. The van der Waals surface area contributed by atoms with Crippen molar-refractivity contribution >= 4 is 23.4 Å². The number of anilines is 1. The number of nitrogens with one attached hydrogen (secondary N) is 1. The van der Waals surface area contributed by atoms with Crippen LogP contribution in [0.5, 0.6) is 5.75 Å². The SMILES string of the molecule is COc1ccc(CCN2CCN(CC(=O)Nc3cccc(SC)c3)CC2)cc1. The quantitative estimate of drug-likeness (QED) is 0.691. The summed E-state index contributed by atoms with van der Waals surface area (Å²) in [5.41, 5.74) is 2.20. The molecule has 0 spiro atoms. The highest BCUT2D eigenvalue weighted by molar-refractivity contribution is 7.98. The van der Waals surface area contributed by atoms with Crippen LogP contribution in [-0.2, 0) is 11.2 Å². The molecular formula is C22H29N3O2S. The molecule has 1 N–H and O–H groups in total. The molecule has 0 aliphatic carbocycles. The second-order valence-corrected chi connectivity index (χ2v) is 7.88. The minimum atomic E-state index is 0.0601. The number of piperazine rings is 1. The lowest BCUT2D eigenvalue weighted by atomic mass is 10.1. The van der Waals surface area contributed by atoms with Crippen LogP contribution in [0.25, 0.3) is 0 Å². The summed E-state index contributed by atoms with van der Waals surface area (Å²) in [6, 6.07) is 16.3. The van der Waals surface area contributed by atoms with Crippen LogP contribution >= 0.6 is 11.8 Å². The summed E-state index contributed by atoms with van der Waals surface area (Å²) >= 11 is 1.68. The number of rotatable bonds is 8. The lowest BCUT2D eigenvalue weighted by Gasteiger charge is -2.34. The minimum Gasteiger partial charge on any atom is -0.497 e. The minimum absolute atomic E-state index is 0.0601. The first-order chi connectivity index (χ1) is 13.7. The zero-order valence-electron chi connectivity index (χ0n) is 16.7. The Hall–Kier alpha value is -2.02. The molecule has 1 aliphatic rings. The number of benzene rings is 2. The molecule has 2 aromatic rings. The first-order valence-electron chi connectivity index (χ1n) is 9.68. The third-order valence-electron chi connectivity index (χ3n) is 5.06. The van der Waals surface area contributed by atoms with Crippen LogP contribution in [0.4, 0.5) is 5.69 Å². The van der Waals surface area contributed by atoms with Gasteiger partial charge in [-0.15, -0.1) is 11.8 Å². The van der Waals surface area contributed by atoms with Crippen molar-refractivity contribution < 1.29 is 9.53 Å². The first kappa shape index (κ1) is 20.7. The van der Waals surface area contributed by atoms with E-state index in [1.807, 2.05) is 42.7 Å². The largest absolute Gasteiger partial charge is 0.497 e. The zero-order valence-corrected chi connectivity index (χ0v) is 17.5. The maximum atomic E-state index is 12.3. The van der Waals surface area contributed by atoms with Crippen molar-refractivity contribution in [1.29, 1.82) is 0 Å². The Morgan fingerprint density at radius 1 is 1.07 bits per heavy atom. The van der Waals surface area contributed by atoms with Crippen LogP contribution in [0, 0.1) is 0 Å². The molecule has 1 fully saturated rings. The second kappa shape index (κ2) is 10.5. The summed E-state index contributed by atoms with van der Waals surface area (Å²) in [5, 5.41) is 3.01. The van der Waals surface area contributed by atoms with Crippen molar-refractivity contribution in [3.05, 3.63) is 54.1 Å². The molecule has 28 heavy (non-hydrogen) atoms. The number of hydrogen-bond donors (Lipinski definition) is 1. The van der Waals surface area contributed by atoms with Gasteiger partial charge in [0, 0.05) is 43.3 Å². The lowest BCUT2D eigenvalue weighted by molar-refractivity contribution is -0.117. The maximum Gasteiger partial charge on any atom is 0.238 e. The van der Waals surface area contributed by atoms with E-state index in [0.717, 1.165) is 55.5 Å². The molecular weight excluding hydrogens is 370 g/mol. The van der Waals surface area contributed by atoms with E-state index in [4.69, 9.17) is 4.74 Å². The van der Waals surface area contributed by atoms with Gasteiger partial charge >= 0.3 is 0 Å². The van der Waals surface area contributed by atoms with Crippen molar-refractivity contribution in [3.8, 4) is 5.75 Å². The number of methoxy groups -OCH3 is 1. The molecule has 6 heteroatoms. The van der Waals surface area contributed by atoms with Crippen molar-refractivity contribution in [2.75, 3.05) is 58.0 Å². The molecule has 1 saturated heterocycles. The molecule has 1 heterocycles. The Morgan fingerprint density at radius 2 is 1.79 bits per heavy atom. The standard InChI is InChI=1S/C22H29N3O2S/c1-27-20-8-6-18(7-9-20)10-11-24-12-14-25(15-13-24)17-22(26)23-19-4-3-5-21(16-19)28-2/h3-9,16H,10-15,17H2,1-2H3,(H,23,26). The van der Waals surface area contributed by atoms with Gasteiger partial charge in [0.05, 0.1) is 13.7 Å². The lowest BCUT2D eigenvalue weighted by Crippen LogP contribution is -2.49. The Balaban J connectivity index is 1.37. The van der Waals surface area contributed by atoms with Gasteiger partial charge in [0.25, 0.3) is 0 Å². The molecule has 150 valence electrons. The van der Waals surface area contributed by atoms with E-state index >= 15 is 0 Å². The molecule has 0 bridgehead atoms. The van der Waals surface area contributed by atoms with Gasteiger partial charge in [-0.25, -0.2) is 0 Å². The van der Waals surface area contributed by atoms with E-state index in [1.165, 1.54) is 5.56 Å². The van der Waals surface area contributed by atoms with Crippen molar-refractivity contribution in [1.82, 2.24) is 9.80 Å². The van der Waals surface area contributed by atoms with Crippen LogP contribution in [0.15, 0.2) is 53.4 Å². The van der Waals surface area contributed by atoms with Crippen LogP contribution in [0.3, 0.4) is 0 Å². The maximum absolute atomic E-state index is 12.3. The van der Waals surface area contributed by atoms with Gasteiger partial charge in [0.2, 0.25) is 5.91 Å². The highest BCUT2D eigenvalue weighted by Crippen LogP contribution is 2.19. The van der Waals surface area contributed by atoms with E-state index in [-0.39, 0.29) is 5.91 Å². The smallest absolute Gasteiger partial charge is 0.238 e. The first-order valence-corrected chi connectivity index (χ1v) is 10.9. The van der Waals surface area contributed by atoms with Gasteiger partial charge in [-0.2, -0.15) is 0 Å². The average Bonchev–Trinajstić information content (AvgIpc) is 2.73. The number of nitrogens with zero attached hydrogens (tertiary/aromatic N) is 2. The molecule has 0 radical (unpaired) electrons. The number of ether oxygens (including phenoxy) is 1. The fraction of sp³-hybridized carbons (Fsp3) is 0.409. The van der Waals surface area contributed by atoms with Gasteiger partial charge in [-0.3, -0.25) is 9.69 Å². The third kappa shape index (κ3) is 6.26. The molecule has 3 rings (SSSR count). The second-order valence-electron chi connectivity index (χ2n) is 7.00. The van der Waals surface area contributed by atoms with Crippen LogP contribution in [0.2, 0.25) is 0 Å². The number of carbonyl (C=O) groups is 1. The van der Waals surface area contributed by atoms with E-state index in [2.05, 4.69) is 27.2 Å². The fourth-order valence-corrected chi connectivity index (χ4v) is 3.81. The van der Waals surface area contributed by atoms with Crippen LogP contribution < -0.4 is 10.1 Å². The molecule has 0 saturated carbocycles. The topological polar surface area (TPSA) is 44.8 Å². The summed E-state index contributed by atoms with van der Waals surface area (Å²) in [7, 11) is 1.69. The molecule has 0 unspecified atom stereocenters. The number of thioether (sulfide) groups is 1. The Morgan fingerprint density at radius 3 is 2.46 bits per heavy atom. The number of carbonyl (C=O) groups excluding carboxylic acids is 1. The predicted molar refractivity (Wildman–Crippen MR) is 116 cm³/mol. The molecule has 1 amide bonds. The van der Waals surface area contributed by atoms with E-state index in [0.29, 0.717) is 6.54 Å². The van der Waals surface area contributed by atoms with E-state index in [1.54, 1.807) is 18.9 Å². The predicted octanol–water partition coefficient (Wildman–Crippen LogP) is 3.22. The molecule has 5 nitrogen and oxygen atoms in total. The molecule has 0 atom stereocenters. The molecule has 0 aromatic heterocycles. The summed E-state index contributed by atoms with van der Waals surface area (Å²) in [6.45, 7) is 5.38. The monoisotopic (exact) mass is 399 g/mol. The average molecular weight is 400 g/mol. The third-order valence-corrected chi connectivity index (χ3v) is 5.79. The highest BCUT2D eigenvalue weighted by Gasteiger charge is 2.18.